The smallest absolute Gasteiger partial charge is 0.224 e. The zero-order valence-electron chi connectivity index (χ0n) is 12.8. The van der Waals surface area contributed by atoms with Crippen molar-refractivity contribution in [1.29, 1.82) is 0 Å². The van der Waals surface area contributed by atoms with Crippen molar-refractivity contribution in [1.82, 2.24) is 10.2 Å². The average molecular weight is 290 g/mol. The molecule has 1 fully saturated rings. The first-order chi connectivity index (χ1) is 10.2. The number of carbonyl (C=O) groups excluding carboxylic acids is 1. The van der Waals surface area contributed by atoms with Crippen LogP contribution in [0.2, 0.25) is 0 Å². The van der Waals surface area contributed by atoms with E-state index < -0.39 is 0 Å². The number of nitrogens with one attached hydrogen (secondary N) is 1. The molecule has 1 amide bonds. The number of nitrogens with zero attached hydrogens (tertiary/aromatic N) is 1. The van der Waals surface area contributed by atoms with Crippen LogP contribution in [0.5, 0.6) is 0 Å². The van der Waals surface area contributed by atoms with Crippen LogP contribution in [-0.4, -0.2) is 41.7 Å². The summed E-state index contributed by atoms with van der Waals surface area (Å²) in [7, 11) is 0. The van der Waals surface area contributed by atoms with Gasteiger partial charge in [0.05, 0.1) is 6.61 Å². The lowest BCUT2D eigenvalue weighted by Gasteiger charge is -2.32. The second kappa shape index (κ2) is 8.15. The maximum Gasteiger partial charge on any atom is 0.224 e. The number of aliphatic hydroxyl groups excluding tert-OH is 1. The van der Waals surface area contributed by atoms with Gasteiger partial charge in [0.15, 0.2) is 0 Å². The SMILES string of the molecule is CC1CCCNC1CC(=O)N(CCO)Cc1ccccc1. The highest BCUT2D eigenvalue weighted by Crippen LogP contribution is 2.19. The topological polar surface area (TPSA) is 52.6 Å². The summed E-state index contributed by atoms with van der Waals surface area (Å²) in [6.07, 6.45) is 2.90. The molecule has 1 saturated heterocycles. The number of amides is 1. The Labute approximate surface area is 127 Å². The molecule has 21 heavy (non-hydrogen) atoms. The van der Waals surface area contributed by atoms with Crippen LogP contribution >= 0.6 is 0 Å². The number of hydrogen-bond acceptors (Lipinski definition) is 3. The Morgan fingerprint density at radius 2 is 2.14 bits per heavy atom. The van der Waals surface area contributed by atoms with Gasteiger partial charge in [0.2, 0.25) is 5.91 Å². The van der Waals surface area contributed by atoms with E-state index >= 15 is 0 Å². The highest BCUT2D eigenvalue weighted by atomic mass is 16.3. The fourth-order valence-corrected chi connectivity index (χ4v) is 2.92. The molecule has 0 spiro atoms. The Bertz CT molecular complexity index is 436. The first kappa shape index (κ1) is 16.0. The number of hydrogen-bond donors (Lipinski definition) is 2. The summed E-state index contributed by atoms with van der Waals surface area (Å²) in [4.78, 5) is 14.3. The van der Waals surface area contributed by atoms with E-state index in [-0.39, 0.29) is 18.6 Å². The molecule has 1 heterocycles. The lowest BCUT2D eigenvalue weighted by atomic mass is 9.90. The van der Waals surface area contributed by atoms with E-state index in [0.717, 1.165) is 12.1 Å². The van der Waals surface area contributed by atoms with Gasteiger partial charge in [-0.25, -0.2) is 0 Å². The Morgan fingerprint density at radius 1 is 1.38 bits per heavy atom. The second-order valence-electron chi connectivity index (χ2n) is 5.91. The molecule has 2 atom stereocenters. The van der Waals surface area contributed by atoms with Crippen LogP contribution in [0.3, 0.4) is 0 Å². The van der Waals surface area contributed by atoms with E-state index in [1.807, 2.05) is 30.3 Å². The summed E-state index contributed by atoms with van der Waals surface area (Å²) in [5.41, 5.74) is 1.10. The number of carbonyl (C=O) groups is 1. The minimum absolute atomic E-state index is 0.00617. The van der Waals surface area contributed by atoms with Crippen LogP contribution in [0.25, 0.3) is 0 Å². The minimum atomic E-state index is 0.00617. The van der Waals surface area contributed by atoms with Crippen LogP contribution in [0.1, 0.15) is 31.7 Å². The molecule has 0 aromatic heterocycles. The molecule has 1 aliphatic rings. The largest absolute Gasteiger partial charge is 0.395 e. The molecule has 0 aliphatic carbocycles. The average Bonchev–Trinajstić information content (AvgIpc) is 2.50. The van der Waals surface area contributed by atoms with Gasteiger partial charge in [-0.3, -0.25) is 4.79 Å². The number of piperidine rings is 1. The molecule has 1 aliphatic heterocycles. The first-order valence-corrected chi connectivity index (χ1v) is 7.86. The van der Waals surface area contributed by atoms with Gasteiger partial charge in [0.25, 0.3) is 0 Å². The lowest BCUT2D eigenvalue weighted by molar-refractivity contribution is -0.133. The molecule has 1 aromatic rings. The van der Waals surface area contributed by atoms with Gasteiger partial charge in [-0.2, -0.15) is 0 Å². The van der Waals surface area contributed by atoms with Gasteiger partial charge in [-0.1, -0.05) is 37.3 Å². The van der Waals surface area contributed by atoms with Crippen LogP contribution in [0.15, 0.2) is 30.3 Å². The number of benzene rings is 1. The Balaban J connectivity index is 1.95. The third kappa shape index (κ3) is 4.83. The van der Waals surface area contributed by atoms with Crippen molar-refractivity contribution in [3.8, 4) is 0 Å². The molecule has 1 aromatic carbocycles. The van der Waals surface area contributed by atoms with Crippen molar-refractivity contribution in [3.05, 3.63) is 35.9 Å². The molecular weight excluding hydrogens is 264 g/mol. The van der Waals surface area contributed by atoms with Gasteiger partial charge < -0.3 is 15.3 Å². The molecule has 0 bridgehead atoms. The molecule has 2 N–H and O–H groups in total. The zero-order valence-corrected chi connectivity index (χ0v) is 12.8. The van der Waals surface area contributed by atoms with Crippen molar-refractivity contribution < 1.29 is 9.90 Å². The first-order valence-electron chi connectivity index (χ1n) is 7.86. The van der Waals surface area contributed by atoms with Gasteiger partial charge in [0, 0.05) is 25.6 Å². The normalized spacial score (nSPS) is 22.0. The monoisotopic (exact) mass is 290 g/mol. The highest BCUT2D eigenvalue weighted by Gasteiger charge is 2.25. The summed E-state index contributed by atoms with van der Waals surface area (Å²) >= 11 is 0. The fraction of sp³-hybridized carbons (Fsp3) is 0.588. The predicted molar refractivity (Wildman–Crippen MR) is 83.8 cm³/mol. The van der Waals surface area contributed by atoms with Crippen LogP contribution in [0.4, 0.5) is 0 Å². The van der Waals surface area contributed by atoms with Gasteiger partial charge in [0.1, 0.15) is 0 Å². The third-order valence-corrected chi connectivity index (χ3v) is 4.26. The minimum Gasteiger partial charge on any atom is -0.395 e. The molecule has 4 heteroatoms. The summed E-state index contributed by atoms with van der Waals surface area (Å²) in [5.74, 6) is 0.662. The Kier molecular flexibility index (Phi) is 6.21. The van der Waals surface area contributed by atoms with E-state index in [2.05, 4.69) is 12.2 Å². The summed E-state index contributed by atoms with van der Waals surface area (Å²) in [6.45, 7) is 4.18. The molecular formula is C17H26N2O2. The summed E-state index contributed by atoms with van der Waals surface area (Å²) in [6, 6.07) is 10.2. The molecule has 0 saturated carbocycles. The molecule has 4 nitrogen and oxygen atoms in total. The third-order valence-electron chi connectivity index (χ3n) is 4.26. The van der Waals surface area contributed by atoms with E-state index in [9.17, 15) is 9.90 Å². The lowest BCUT2D eigenvalue weighted by Crippen LogP contribution is -2.44. The van der Waals surface area contributed by atoms with Crippen molar-refractivity contribution in [2.75, 3.05) is 19.7 Å². The molecule has 0 radical (unpaired) electrons. The van der Waals surface area contributed by atoms with Gasteiger partial charge in [-0.15, -0.1) is 0 Å². The predicted octanol–water partition coefficient (Wildman–Crippen LogP) is 1.79. The molecule has 116 valence electrons. The molecule has 2 unspecified atom stereocenters. The van der Waals surface area contributed by atoms with E-state index in [1.54, 1.807) is 4.90 Å². The van der Waals surface area contributed by atoms with Crippen LogP contribution in [0, 0.1) is 5.92 Å². The zero-order chi connectivity index (χ0) is 15.1. The van der Waals surface area contributed by atoms with Crippen molar-refractivity contribution in [2.45, 2.75) is 38.8 Å². The van der Waals surface area contributed by atoms with Crippen LogP contribution < -0.4 is 5.32 Å². The van der Waals surface area contributed by atoms with Gasteiger partial charge >= 0.3 is 0 Å². The highest BCUT2D eigenvalue weighted by molar-refractivity contribution is 5.77. The van der Waals surface area contributed by atoms with Crippen molar-refractivity contribution in [2.24, 2.45) is 5.92 Å². The Hall–Kier alpha value is -1.39. The maximum absolute atomic E-state index is 12.5. The fourth-order valence-electron chi connectivity index (χ4n) is 2.92. The van der Waals surface area contributed by atoms with E-state index in [0.29, 0.717) is 25.4 Å². The van der Waals surface area contributed by atoms with E-state index in [4.69, 9.17) is 0 Å². The summed E-state index contributed by atoms with van der Waals surface area (Å²) in [5, 5.41) is 12.7. The van der Waals surface area contributed by atoms with Crippen LogP contribution in [-0.2, 0) is 11.3 Å². The standard InChI is InChI=1S/C17H26N2O2/c1-14-6-5-9-18-16(14)12-17(21)19(10-11-20)13-15-7-3-2-4-8-15/h2-4,7-8,14,16,18,20H,5-6,9-13H2,1H3. The van der Waals surface area contributed by atoms with Crippen molar-refractivity contribution >= 4 is 5.91 Å². The number of aliphatic hydroxyl groups is 1. The second-order valence-corrected chi connectivity index (χ2v) is 5.91. The Morgan fingerprint density at radius 3 is 2.81 bits per heavy atom. The van der Waals surface area contributed by atoms with E-state index in [1.165, 1.54) is 12.8 Å². The summed E-state index contributed by atoms with van der Waals surface area (Å²) < 4.78 is 0. The molecule has 2 rings (SSSR count). The maximum atomic E-state index is 12.5. The van der Waals surface area contributed by atoms with Crippen molar-refractivity contribution in [3.63, 3.8) is 0 Å². The number of rotatable bonds is 6. The quantitative estimate of drug-likeness (QED) is 0.840. The van der Waals surface area contributed by atoms with Gasteiger partial charge in [-0.05, 0) is 30.9 Å².